The fourth-order valence-electron chi connectivity index (χ4n) is 2.41. The van der Waals surface area contributed by atoms with E-state index in [0.29, 0.717) is 0 Å². The summed E-state index contributed by atoms with van der Waals surface area (Å²) in [6.45, 7) is 4.24. The van der Waals surface area contributed by atoms with Crippen molar-refractivity contribution in [1.82, 2.24) is 0 Å². The van der Waals surface area contributed by atoms with E-state index >= 15 is 0 Å². The van der Waals surface area contributed by atoms with Gasteiger partial charge in [-0.3, -0.25) is 0 Å². The summed E-state index contributed by atoms with van der Waals surface area (Å²) < 4.78 is 0. The molecule has 0 aliphatic rings. The van der Waals surface area contributed by atoms with E-state index < -0.39 is 0 Å². The topological polar surface area (TPSA) is 26.0 Å². The van der Waals surface area contributed by atoms with Gasteiger partial charge >= 0.3 is 0 Å². The monoisotopic (exact) mass is 287 g/mol. The first-order valence-electron chi connectivity index (χ1n) is 7.23. The van der Waals surface area contributed by atoms with Crippen molar-refractivity contribution in [3.63, 3.8) is 0 Å². The van der Waals surface area contributed by atoms with E-state index in [2.05, 4.69) is 37.3 Å². The molecule has 2 aromatic rings. The molecule has 1 unspecified atom stereocenters. The van der Waals surface area contributed by atoms with Gasteiger partial charge in [0.15, 0.2) is 0 Å². The minimum Gasteiger partial charge on any atom is -0.320 e. The molecule has 0 saturated carbocycles. The van der Waals surface area contributed by atoms with Gasteiger partial charge in [0.25, 0.3) is 0 Å². The largest absolute Gasteiger partial charge is 0.320 e. The maximum Gasteiger partial charge on any atom is 0.0554 e. The molecule has 0 fully saturated rings. The second kappa shape index (κ2) is 6.92. The summed E-state index contributed by atoms with van der Waals surface area (Å²) >= 11 is 6.17. The molecule has 0 bridgehead atoms. The van der Waals surface area contributed by atoms with Crippen LogP contribution in [-0.4, -0.2) is 0 Å². The molecule has 2 N–H and O–H groups in total. The third-order valence-corrected chi connectivity index (χ3v) is 4.21. The van der Waals surface area contributed by atoms with Crippen LogP contribution >= 0.6 is 11.6 Å². The van der Waals surface area contributed by atoms with E-state index in [-0.39, 0.29) is 6.04 Å². The predicted octanol–water partition coefficient (Wildman–Crippen LogP) is 5.04. The van der Waals surface area contributed by atoms with Crippen molar-refractivity contribution < 1.29 is 0 Å². The van der Waals surface area contributed by atoms with Crippen LogP contribution in [0.2, 0.25) is 5.02 Å². The molecule has 0 spiro atoms. The third-order valence-electron chi connectivity index (χ3n) is 3.80. The number of halogens is 1. The van der Waals surface area contributed by atoms with Crippen LogP contribution in [0.4, 0.5) is 0 Å². The van der Waals surface area contributed by atoms with Crippen molar-refractivity contribution in [1.29, 1.82) is 0 Å². The smallest absolute Gasteiger partial charge is 0.0554 e. The van der Waals surface area contributed by atoms with E-state index in [0.717, 1.165) is 28.1 Å². The van der Waals surface area contributed by atoms with Gasteiger partial charge in [-0.15, -0.1) is 0 Å². The fraction of sp³-hybridized carbons (Fsp3) is 0.333. The summed E-state index contributed by atoms with van der Waals surface area (Å²) in [4.78, 5) is 0. The Hall–Kier alpha value is -1.31. The van der Waals surface area contributed by atoms with Crippen LogP contribution in [0.5, 0.6) is 0 Å². The molecule has 1 atom stereocenters. The number of hydrogen-bond acceptors (Lipinski definition) is 1. The molecule has 106 valence electrons. The highest BCUT2D eigenvalue weighted by atomic mass is 35.5. The van der Waals surface area contributed by atoms with Crippen molar-refractivity contribution in [2.75, 3.05) is 0 Å². The highest BCUT2D eigenvalue weighted by Gasteiger charge is 2.12. The minimum atomic E-state index is -0.117. The minimum absolute atomic E-state index is 0.117. The number of rotatable bonds is 5. The second-order valence-electron chi connectivity index (χ2n) is 5.28. The normalized spacial score (nSPS) is 12.4. The van der Waals surface area contributed by atoms with Crippen molar-refractivity contribution in [2.24, 2.45) is 5.73 Å². The Bertz CT molecular complexity index is 560. The van der Waals surface area contributed by atoms with E-state index in [1.54, 1.807) is 0 Å². The molecule has 2 rings (SSSR count). The zero-order valence-corrected chi connectivity index (χ0v) is 13.0. The summed E-state index contributed by atoms with van der Waals surface area (Å²) in [5.41, 5.74) is 11.1. The summed E-state index contributed by atoms with van der Waals surface area (Å²) in [6.07, 6.45) is 3.60. The van der Waals surface area contributed by atoms with Crippen molar-refractivity contribution >= 4 is 11.6 Å². The molecule has 0 aliphatic heterocycles. The first-order chi connectivity index (χ1) is 9.63. The maximum atomic E-state index is 6.38. The molecule has 0 amide bonds. The lowest BCUT2D eigenvalue weighted by molar-refractivity contribution is 0.793. The van der Waals surface area contributed by atoms with Gasteiger partial charge in [-0.2, -0.15) is 0 Å². The molecule has 20 heavy (non-hydrogen) atoms. The van der Waals surface area contributed by atoms with Gasteiger partial charge in [-0.1, -0.05) is 61.3 Å². The Balaban J connectivity index is 2.20. The molecule has 2 heteroatoms. The lowest BCUT2D eigenvalue weighted by Gasteiger charge is -2.16. The fourth-order valence-corrected chi connectivity index (χ4v) is 2.60. The van der Waals surface area contributed by atoms with Crippen molar-refractivity contribution in [3.8, 4) is 0 Å². The zero-order valence-electron chi connectivity index (χ0n) is 12.2. The number of nitrogens with two attached hydrogens (primary N) is 1. The number of hydrogen-bond donors (Lipinski definition) is 1. The van der Waals surface area contributed by atoms with Gasteiger partial charge in [0.2, 0.25) is 0 Å². The molecular weight excluding hydrogens is 266 g/mol. The van der Waals surface area contributed by atoms with Crippen molar-refractivity contribution in [3.05, 3.63) is 69.7 Å². The van der Waals surface area contributed by atoms with Gasteiger partial charge < -0.3 is 5.73 Å². The van der Waals surface area contributed by atoms with Crippen LogP contribution in [0.1, 0.15) is 48.1 Å². The quantitative estimate of drug-likeness (QED) is 0.819. The summed E-state index contributed by atoms with van der Waals surface area (Å²) in [6, 6.07) is 14.4. The SMILES string of the molecule is CCCCc1ccc(C(N)c2cccc(Cl)c2C)cc1. The van der Waals surface area contributed by atoms with E-state index in [4.69, 9.17) is 17.3 Å². The second-order valence-corrected chi connectivity index (χ2v) is 5.68. The zero-order chi connectivity index (χ0) is 14.5. The van der Waals surface area contributed by atoms with Crippen LogP contribution in [0.15, 0.2) is 42.5 Å². The lowest BCUT2D eigenvalue weighted by Crippen LogP contribution is -2.13. The van der Waals surface area contributed by atoms with Crippen LogP contribution in [0.25, 0.3) is 0 Å². The number of unbranched alkanes of at least 4 members (excludes halogenated alkanes) is 1. The molecular formula is C18H22ClN. The summed E-state index contributed by atoms with van der Waals surface area (Å²) in [5, 5.41) is 0.775. The Morgan fingerprint density at radius 2 is 1.80 bits per heavy atom. The number of benzene rings is 2. The standard InChI is InChI=1S/C18H22ClN/c1-3-4-6-14-9-11-15(12-10-14)18(20)16-7-5-8-17(19)13(16)2/h5,7-12,18H,3-4,6,20H2,1-2H3. The average Bonchev–Trinajstić information content (AvgIpc) is 2.48. The van der Waals surface area contributed by atoms with Crippen LogP contribution < -0.4 is 5.73 Å². The average molecular weight is 288 g/mol. The van der Waals surface area contributed by atoms with Gasteiger partial charge in [0.05, 0.1) is 6.04 Å². The Morgan fingerprint density at radius 1 is 1.10 bits per heavy atom. The van der Waals surface area contributed by atoms with Gasteiger partial charge in [0.1, 0.15) is 0 Å². The Labute approximate surface area is 126 Å². The molecule has 2 aromatic carbocycles. The molecule has 0 heterocycles. The van der Waals surface area contributed by atoms with E-state index in [1.807, 2.05) is 19.1 Å². The first kappa shape index (κ1) is 15.1. The van der Waals surface area contributed by atoms with E-state index in [9.17, 15) is 0 Å². The van der Waals surface area contributed by atoms with E-state index in [1.165, 1.54) is 18.4 Å². The molecule has 0 aromatic heterocycles. The summed E-state index contributed by atoms with van der Waals surface area (Å²) in [5.74, 6) is 0. The lowest BCUT2D eigenvalue weighted by atomic mass is 9.94. The maximum absolute atomic E-state index is 6.38. The Morgan fingerprint density at radius 3 is 2.45 bits per heavy atom. The number of aryl methyl sites for hydroxylation is 1. The van der Waals surface area contributed by atoms with Crippen LogP contribution in [0, 0.1) is 6.92 Å². The highest BCUT2D eigenvalue weighted by molar-refractivity contribution is 6.31. The molecule has 0 radical (unpaired) electrons. The van der Waals surface area contributed by atoms with Gasteiger partial charge in [-0.25, -0.2) is 0 Å². The molecule has 0 saturated heterocycles. The van der Waals surface area contributed by atoms with Crippen LogP contribution in [0.3, 0.4) is 0 Å². The van der Waals surface area contributed by atoms with Crippen LogP contribution in [-0.2, 0) is 6.42 Å². The van der Waals surface area contributed by atoms with Crippen molar-refractivity contribution in [2.45, 2.75) is 39.2 Å². The summed E-state index contributed by atoms with van der Waals surface area (Å²) in [7, 11) is 0. The first-order valence-corrected chi connectivity index (χ1v) is 7.60. The highest BCUT2D eigenvalue weighted by Crippen LogP contribution is 2.27. The Kier molecular flexibility index (Phi) is 5.22. The molecule has 1 nitrogen and oxygen atoms in total. The van der Waals surface area contributed by atoms with Gasteiger partial charge in [0, 0.05) is 5.02 Å². The molecule has 0 aliphatic carbocycles. The van der Waals surface area contributed by atoms with Gasteiger partial charge in [-0.05, 0) is 48.1 Å². The third kappa shape index (κ3) is 3.41. The predicted molar refractivity (Wildman–Crippen MR) is 87.3 cm³/mol.